The molecule has 0 aliphatic carbocycles. The number of rotatable bonds is 5. The molecule has 2 rings (SSSR count). The first-order valence-electron chi connectivity index (χ1n) is 7.28. The third-order valence-corrected chi connectivity index (χ3v) is 3.57. The summed E-state index contributed by atoms with van der Waals surface area (Å²) in [4.78, 5) is 12.1. The van der Waals surface area contributed by atoms with Crippen molar-refractivity contribution in [1.29, 1.82) is 5.26 Å². The molecule has 0 amide bonds. The van der Waals surface area contributed by atoms with Gasteiger partial charge in [-0.05, 0) is 25.5 Å². The molecule has 0 saturated heterocycles. The van der Waals surface area contributed by atoms with Crippen LogP contribution in [0.2, 0.25) is 0 Å². The van der Waals surface area contributed by atoms with Gasteiger partial charge in [0.15, 0.2) is 5.69 Å². The van der Waals surface area contributed by atoms with E-state index in [9.17, 15) is 10.1 Å². The zero-order valence-corrected chi connectivity index (χ0v) is 13.4. The summed E-state index contributed by atoms with van der Waals surface area (Å²) in [6.45, 7) is 3.98. The van der Waals surface area contributed by atoms with Gasteiger partial charge in [0.25, 0.3) is 0 Å². The van der Waals surface area contributed by atoms with Gasteiger partial charge in [0.1, 0.15) is 11.8 Å². The third-order valence-electron chi connectivity index (χ3n) is 3.57. The second-order valence-electron chi connectivity index (χ2n) is 5.08. The Balaban J connectivity index is 2.63. The summed E-state index contributed by atoms with van der Waals surface area (Å²) in [6, 6.07) is 9.25. The first-order valence-corrected chi connectivity index (χ1v) is 7.28. The molecule has 0 saturated carbocycles. The largest absolute Gasteiger partial charge is 0.489 e. The van der Waals surface area contributed by atoms with Crippen LogP contribution in [0.1, 0.15) is 36.3 Å². The zero-order chi connectivity index (χ0) is 17.0. The van der Waals surface area contributed by atoms with Crippen LogP contribution in [0.3, 0.4) is 0 Å². The van der Waals surface area contributed by atoms with E-state index in [0.717, 1.165) is 6.42 Å². The predicted octanol–water partition coefficient (Wildman–Crippen LogP) is 2.90. The Kier molecular flexibility index (Phi) is 4.91. The van der Waals surface area contributed by atoms with Gasteiger partial charge in [0, 0.05) is 6.20 Å². The predicted molar refractivity (Wildman–Crippen MR) is 86.6 cm³/mol. The number of benzene rings is 1. The fraction of sp³-hybridized carbons (Fsp3) is 0.294. The monoisotopic (exact) mass is 313 g/mol. The van der Waals surface area contributed by atoms with Gasteiger partial charge in [-0.1, -0.05) is 19.1 Å². The number of esters is 1. The average Bonchev–Trinajstić information content (AvgIpc) is 2.90. The number of methoxy groups -OCH3 is 1. The minimum absolute atomic E-state index is 0.0149. The SMILES string of the molecule is CCC(C)Oc1ccccc1-n1cc(C#N)c(N)c1C(=O)OC. The van der Waals surface area contributed by atoms with Crippen molar-refractivity contribution in [3.8, 4) is 17.5 Å². The van der Waals surface area contributed by atoms with E-state index in [-0.39, 0.29) is 23.0 Å². The van der Waals surface area contributed by atoms with E-state index in [4.69, 9.17) is 15.2 Å². The number of nitrogens with zero attached hydrogens (tertiary/aromatic N) is 2. The molecule has 6 heteroatoms. The summed E-state index contributed by atoms with van der Waals surface area (Å²) >= 11 is 0. The highest BCUT2D eigenvalue weighted by molar-refractivity contribution is 5.96. The summed E-state index contributed by atoms with van der Waals surface area (Å²) in [5.41, 5.74) is 6.97. The van der Waals surface area contributed by atoms with Crippen molar-refractivity contribution in [3.63, 3.8) is 0 Å². The molecule has 120 valence electrons. The number of nitrogens with two attached hydrogens (primary N) is 1. The number of aromatic nitrogens is 1. The second-order valence-corrected chi connectivity index (χ2v) is 5.08. The zero-order valence-electron chi connectivity index (χ0n) is 13.4. The van der Waals surface area contributed by atoms with Gasteiger partial charge in [-0.25, -0.2) is 4.79 Å². The standard InChI is InChI=1S/C17H19N3O3/c1-4-11(2)23-14-8-6-5-7-13(14)20-10-12(9-18)15(19)16(20)17(21)22-3/h5-8,10-11H,4,19H2,1-3H3. The molecule has 2 aromatic rings. The molecule has 1 unspecified atom stereocenters. The maximum absolute atomic E-state index is 12.1. The number of ether oxygens (including phenoxy) is 2. The second kappa shape index (κ2) is 6.88. The van der Waals surface area contributed by atoms with Gasteiger partial charge in [-0.3, -0.25) is 0 Å². The van der Waals surface area contributed by atoms with Crippen LogP contribution in [0.5, 0.6) is 5.75 Å². The lowest BCUT2D eigenvalue weighted by Gasteiger charge is -2.17. The van der Waals surface area contributed by atoms with Gasteiger partial charge in [0.05, 0.1) is 30.2 Å². The van der Waals surface area contributed by atoms with Crippen molar-refractivity contribution in [1.82, 2.24) is 4.57 Å². The number of carbonyl (C=O) groups excluding carboxylic acids is 1. The topological polar surface area (TPSA) is 90.3 Å². The van der Waals surface area contributed by atoms with E-state index >= 15 is 0 Å². The normalized spacial score (nSPS) is 11.6. The fourth-order valence-electron chi connectivity index (χ4n) is 2.16. The van der Waals surface area contributed by atoms with Crippen LogP contribution >= 0.6 is 0 Å². The first-order chi connectivity index (χ1) is 11.0. The molecule has 0 aliphatic heterocycles. The van der Waals surface area contributed by atoms with Crippen molar-refractivity contribution in [3.05, 3.63) is 41.7 Å². The van der Waals surface area contributed by atoms with Crippen LogP contribution in [0, 0.1) is 11.3 Å². The third kappa shape index (κ3) is 3.14. The van der Waals surface area contributed by atoms with Crippen LogP contribution in [-0.4, -0.2) is 23.8 Å². The Labute approximate surface area is 135 Å². The molecule has 1 aromatic heterocycles. The van der Waals surface area contributed by atoms with Crippen molar-refractivity contribution >= 4 is 11.7 Å². The number of nitriles is 1. The quantitative estimate of drug-likeness (QED) is 0.857. The summed E-state index contributed by atoms with van der Waals surface area (Å²) in [5.74, 6) is -0.00571. The number of nitrogen functional groups attached to an aromatic ring is 1. The molecule has 0 bridgehead atoms. The van der Waals surface area contributed by atoms with E-state index in [0.29, 0.717) is 11.4 Å². The molecule has 1 atom stereocenters. The Morgan fingerprint density at radius 3 is 2.74 bits per heavy atom. The Bertz CT molecular complexity index is 759. The Hall–Kier alpha value is -2.94. The molecule has 0 spiro atoms. The molecular weight excluding hydrogens is 294 g/mol. The molecule has 2 N–H and O–H groups in total. The molecule has 0 fully saturated rings. The van der Waals surface area contributed by atoms with Gasteiger partial charge < -0.3 is 19.8 Å². The lowest BCUT2D eigenvalue weighted by Crippen LogP contribution is -2.14. The van der Waals surface area contributed by atoms with Crippen LogP contribution in [0.25, 0.3) is 5.69 Å². The van der Waals surface area contributed by atoms with Crippen molar-refractivity contribution in [2.75, 3.05) is 12.8 Å². The van der Waals surface area contributed by atoms with E-state index in [2.05, 4.69) is 0 Å². The number of hydrogen-bond donors (Lipinski definition) is 1. The van der Waals surface area contributed by atoms with Gasteiger partial charge in [-0.2, -0.15) is 5.26 Å². The summed E-state index contributed by atoms with van der Waals surface area (Å²) in [6.07, 6.45) is 2.37. The minimum atomic E-state index is -0.609. The Morgan fingerprint density at radius 1 is 1.43 bits per heavy atom. The smallest absolute Gasteiger partial charge is 0.357 e. The summed E-state index contributed by atoms with van der Waals surface area (Å²) in [5, 5.41) is 9.18. The summed E-state index contributed by atoms with van der Waals surface area (Å²) < 4.78 is 12.2. The van der Waals surface area contributed by atoms with Crippen LogP contribution in [0.4, 0.5) is 5.69 Å². The number of para-hydroxylation sites is 2. The van der Waals surface area contributed by atoms with Crippen LogP contribution in [0.15, 0.2) is 30.5 Å². The number of carbonyl (C=O) groups is 1. The van der Waals surface area contributed by atoms with E-state index in [1.54, 1.807) is 6.07 Å². The molecule has 0 aliphatic rings. The minimum Gasteiger partial charge on any atom is -0.489 e. The number of hydrogen-bond acceptors (Lipinski definition) is 5. The highest BCUT2D eigenvalue weighted by Gasteiger charge is 2.23. The molecule has 6 nitrogen and oxygen atoms in total. The van der Waals surface area contributed by atoms with Crippen molar-refractivity contribution < 1.29 is 14.3 Å². The molecule has 1 aromatic carbocycles. The lowest BCUT2D eigenvalue weighted by atomic mass is 10.2. The van der Waals surface area contributed by atoms with Gasteiger partial charge in [0.2, 0.25) is 0 Å². The van der Waals surface area contributed by atoms with Crippen molar-refractivity contribution in [2.45, 2.75) is 26.4 Å². The Morgan fingerprint density at radius 2 is 2.13 bits per heavy atom. The highest BCUT2D eigenvalue weighted by atomic mass is 16.5. The maximum Gasteiger partial charge on any atom is 0.357 e. The van der Waals surface area contributed by atoms with Gasteiger partial charge >= 0.3 is 5.97 Å². The van der Waals surface area contributed by atoms with Gasteiger partial charge in [-0.15, -0.1) is 0 Å². The van der Waals surface area contributed by atoms with E-state index in [1.807, 2.05) is 38.1 Å². The molecule has 0 radical (unpaired) electrons. The van der Waals surface area contributed by atoms with Crippen LogP contribution < -0.4 is 10.5 Å². The van der Waals surface area contributed by atoms with Crippen LogP contribution in [-0.2, 0) is 4.74 Å². The van der Waals surface area contributed by atoms with E-state index < -0.39 is 5.97 Å². The van der Waals surface area contributed by atoms with Crippen molar-refractivity contribution in [2.24, 2.45) is 0 Å². The first kappa shape index (κ1) is 16.4. The fourth-order valence-corrected chi connectivity index (χ4v) is 2.16. The average molecular weight is 313 g/mol. The summed E-state index contributed by atoms with van der Waals surface area (Å²) in [7, 11) is 1.27. The maximum atomic E-state index is 12.1. The molecular formula is C17H19N3O3. The highest BCUT2D eigenvalue weighted by Crippen LogP contribution is 2.30. The van der Waals surface area contributed by atoms with E-state index in [1.165, 1.54) is 17.9 Å². The molecule has 23 heavy (non-hydrogen) atoms. The number of anilines is 1. The lowest BCUT2D eigenvalue weighted by molar-refractivity contribution is 0.0593. The molecule has 1 heterocycles.